The van der Waals surface area contributed by atoms with Crippen molar-refractivity contribution in [3.05, 3.63) is 40.7 Å². The van der Waals surface area contributed by atoms with E-state index in [1.54, 1.807) is 19.1 Å². The number of aliphatic imine (C=N–C) groups is 1. The van der Waals surface area contributed by atoms with E-state index in [0.717, 1.165) is 29.9 Å². The first-order valence-electron chi connectivity index (χ1n) is 10.5. The molecule has 2 aromatic rings. The topological polar surface area (TPSA) is 72.7 Å². The molecule has 0 aliphatic carbocycles. The Morgan fingerprint density at radius 1 is 1.22 bits per heavy atom. The van der Waals surface area contributed by atoms with Crippen molar-refractivity contribution in [3.8, 4) is 11.5 Å². The molecule has 2 rings (SSSR count). The van der Waals surface area contributed by atoms with Crippen LogP contribution in [0.4, 0.5) is 8.78 Å². The number of halogens is 3. The van der Waals surface area contributed by atoms with Crippen LogP contribution >= 0.6 is 24.0 Å². The van der Waals surface area contributed by atoms with Gasteiger partial charge in [0.05, 0.1) is 18.8 Å². The van der Waals surface area contributed by atoms with Crippen LogP contribution in [0.25, 0.3) is 0 Å². The lowest BCUT2D eigenvalue weighted by molar-refractivity contribution is -0.0514. The number of nitrogens with one attached hydrogen (secondary N) is 2. The summed E-state index contributed by atoms with van der Waals surface area (Å²) in [4.78, 5) is 4.64. The van der Waals surface area contributed by atoms with Gasteiger partial charge in [-0.2, -0.15) is 13.9 Å². The monoisotopic (exact) mass is 565 g/mol. The Hall–Kier alpha value is -2.11. The highest BCUT2D eigenvalue weighted by atomic mass is 127. The molecule has 2 N–H and O–H groups in total. The smallest absolute Gasteiger partial charge is 0.387 e. The Bertz CT molecular complexity index is 889. The maximum absolute atomic E-state index is 12.6. The summed E-state index contributed by atoms with van der Waals surface area (Å²) in [6.45, 7) is 8.50. The van der Waals surface area contributed by atoms with E-state index < -0.39 is 6.61 Å². The van der Waals surface area contributed by atoms with Crippen molar-refractivity contribution in [2.75, 3.05) is 13.2 Å². The highest BCUT2D eigenvalue weighted by Gasteiger charge is 2.15. The van der Waals surface area contributed by atoms with Gasteiger partial charge in [0.1, 0.15) is 0 Å². The highest BCUT2D eigenvalue weighted by molar-refractivity contribution is 14.0. The number of aryl methyl sites for hydroxylation is 2. The van der Waals surface area contributed by atoms with Crippen LogP contribution in [0.3, 0.4) is 0 Å². The van der Waals surface area contributed by atoms with Crippen LogP contribution in [0.15, 0.2) is 23.2 Å². The Morgan fingerprint density at radius 3 is 2.50 bits per heavy atom. The Labute approximate surface area is 206 Å². The number of hydrogen-bond acceptors (Lipinski definition) is 4. The molecule has 0 aliphatic rings. The van der Waals surface area contributed by atoms with E-state index in [-0.39, 0.29) is 41.5 Å². The minimum atomic E-state index is -2.90. The summed E-state index contributed by atoms with van der Waals surface area (Å²) in [5.41, 5.74) is 4.25. The first-order chi connectivity index (χ1) is 14.7. The molecule has 1 atom stereocenters. The molecule has 10 heteroatoms. The molecule has 1 aromatic heterocycles. The van der Waals surface area contributed by atoms with E-state index in [2.05, 4.69) is 39.3 Å². The zero-order valence-corrected chi connectivity index (χ0v) is 21.9. The Morgan fingerprint density at radius 2 is 1.94 bits per heavy atom. The molecule has 180 valence electrons. The number of benzene rings is 1. The summed E-state index contributed by atoms with van der Waals surface area (Å²) < 4.78 is 37.0. The van der Waals surface area contributed by atoms with Crippen LogP contribution in [0.1, 0.15) is 43.3 Å². The van der Waals surface area contributed by atoms with E-state index in [1.807, 2.05) is 25.6 Å². The number of hydrogen-bond donors (Lipinski definition) is 2. The molecule has 0 radical (unpaired) electrons. The van der Waals surface area contributed by atoms with Crippen molar-refractivity contribution in [3.63, 3.8) is 0 Å². The molecule has 0 fully saturated rings. The van der Waals surface area contributed by atoms with Crippen LogP contribution in [-0.2, 0) is 20.0 Å². The van der Waals surface area contributed by atoms with Gasteiger partial charge in [0.25, 0.3) is 0 Å². The summed E-state index contributed by atoms with van der Waals surface area (Å²) in [5.74, 6) is 0.981. The zero-order chi connectivity index (χ0) is 23.0. The molecule has 0 bridgehead atoms. The van der Waals surface area contributed by atoms with Crippen LogP contribution in [0.5, 0.6) is 11.5 Å². The second-order valence-corrected chi connectivity index (χ2v) is 7.31. The van der Waals surface area contributed by atoms with Gasteiger partial charge in [-0.1, -0.05) is 6.07 Å². The molecule has 1 aromatic carbocycles. The van der Waals surface area contributed by atoms with Crippen LogP contribution in [0.2, 0.25) is 0 Å². The van der Waals surface area contributed by atoms with Gasteiger partial charge in [0.15, 0.2) is 17.5 Å². The maximum atomic E-state index is 12.6. The van der Waals surface area contributed by atoms with E-state index in [1.165, 1.54) is 11.6 Å². The Balaban J connectivity index is 0.00000512. The molecule has 7 nitrogen and oxygen atoms in total. The van der Waals surface area contributed by atoms with E-state index in [9.17, 15) is 8.78 Å². The van der Waals surface area contributed by atoms with Gasteiger partial charge in [-0.25, -0.2) is 4.99 Å². The second kappa shape index (κ2) is 13.4. The minimum Gasteiger partial charge on any atom is -0.490 e. The lowest BCUT2D eigenvalue weighted by Gasteiger charge is -2.18. The Kier molecular flexibility index (Phi) is 11.7. The predicted octanol–water partition coefficient (Wildman–Crippen LogP) is 4.34. The lowest BCUT2D eigenvalue weighted by atomic mass is 10.1. The molecule has 0 saturated carbocycles. The third-order valence-corrected chi connectivity index (χ3v) is 4.84. The van der Waals surface area contributed by atoms with Crippen molar-refractivity contribution >= 4 is 29.9 Å². The quantitative estimate of drug-likeness (QED) is 0.255. The maximum Gasteiger partial charge on any atom is 0.387 e. The average molecular weight is 565 g/mol. The second-order valence-electron chi connectivity index (χ2n) is 7.31. The molecule has 1 heterocycles. The summed E-state index contributed by atoms with van der Waals surface area (Å²) in [6, 6.07) is 5.01. The van der Waals surface area contributed by atoms with E-state index in [4.69, 9.17) is 4.74 Å². The molecular weight excluding hydrogens is 531 g/mol. The molecule has 0 spiro atoms. The van der Waals surface area contributed by atoms with Gasteiger partial charge in [-0.15, -0.1) is 24.0 Å². The number of aromatic nitrogens is 2. The van der Waals surface area contributed by atoms with Crippen LogP contribution in [-0.4, -0.2) is 41.5 Å². The van der Waals surface area contributed by atoms with Gasteiger partial charge < -0.3 is 20.1 Å². The normalized spacial score (nSPS) is 12.3. The van der Waals surface area contributed by atoms with Gasteiger partial charge in [0.2, 0.25) is 0 Å². The molecule has 0 aliphatic heterocycles. The van der Waals surface area contributed by atoms with E-state index >= 15 is 0 Å². The SMILES string of the molecule is CCNC(=NCc1ccc(OC(F)F)c(OCC)c1)NC(C)Cc1c(C)nn(C)c1C.I. The number of ether oxygens (including phenoxy) is 2. The van der Waals surface area contributed by atoms with Gasteiger partial charge in [0, 0.05) is 25.3 Å². The predicted molar refractivity (Wildman–Crippen MR) is 133 cm³/mol. The first-order valence-corrected chi connectivity index (χ1v) is 10.5. The van der Waals surface area contributed by atoms with Gasteiger partial charge in [-0.3, -0.25) is 4.68 Å². The van der Waals surface area contributed by atoms with Gasteiger partial charge in [-0.05, 0) is 64.3 Å². The van der Waals surface area contributed by atoms with Crippen LogP contribution < -0.4 is 20.1 Å². The number of rotatable bonds is 10. The fourth-order valence-electron chi connectivity index (χ4n) is 3.31. The fraction of sp³-hybridized carbons (Fsp3) is 0.545. The summed E-state index contributed by atoms with van der Waals surface area (Å²) >= 11 is 0. The highest BCUT2D eigenvalue weighted by Crippen LogP contribution is 2.30. The molecule has 1 unspecified atom stereocenters. The zero-order valence-electron chi connectivity index (χ0n) is 19.5. The lowest BCUT2D eigenvalue weighted by Crippen LogP contribution is -2.43. The third-order valence-electron chi connectivity index (χ3n) is 4.84. The standard InChI is InChI=1S/C22H33F2N5O2.HI/c1-7-25-22(27-14(3)11-18-15(4)28-29(6)16(18)5)26-13-17-9-10-19(31-21(23)24)20(12-17)30-8-2;/h9-10,12,14,21H,7-8,11,13H2,1-6H3,(H2,25,26,27);1H. The van der Waals surface area contributed by atoms with E-state index in [0.29, 0.717) is 19.1 Å². The van der Waals surface area contributed by atoms with Crippen LogP contribution in [0, 0.1) is 13.8 Å². The molecular formula is C22H34F2IN5O2. The van der Waals surface area contributed by atoms with Crippen molar-refractivity contribution in [2.24, 2.45) is 12.0 Å². The average Bonchev–Trinajstić information content (AvgIpc) is 2.94. The molecule has 32 heavy (non-hydrogen) atoms. The summed E-state index contributed by atoms with van der Waals surface area (Å²) in [5, 5.41) is 11.1. The van der Waals surface area contributed by atoms with Crippen molar-refractivity contribution in [2.45, 2.75) is 60.2 Å². The number of nitrogens with zero attached hydrogens (tertiary/aromatic N) is 3. The van der Waals surface area contributed by atoms with Crippen molar-refractivity contribution in [1.29, 1.82) is 0 Å². The van der Waals surface area contributed by atoms with Crippen molar-refractivity contribution < 1.29 is 18.3 Å². The number of alkyl halides is 2. The van der Waals surface area contributed by atoms with Crippen molar-refractivity contribution in [1.82, 2.24) is 20.4 Å². The summed E-state index contributed by atoms with van der Waals surface area (Å²) in [7, 11) is 1.95. The first kappa shape index (κ1) is 27.9. The fourth-order valence-corrected chi connectivity index (χ4v) is 3.31. The molecule has 0 amide bonds. The molecule has 0 saturated heterocycles. The summed E-state index contributed by atoms with van der Waals surface area (Å²) in [6.07, 6.45) is 0.823. The minimum absolute atomic E-state index is 0. The largest absolute Gasteiger partial charge is 0.490 e. The van der Waals surface area contributed by atoms with Gasteiger partial charge >= 0.3 is 6.61 Å². The third kappa shape index (κ3) is 8.10. The number of guanidine groups is 1.